The first-order valence-electron chi connectivity index (χ1n) is 10.7. The number of carbonyl (C=O) groups is 2. The molecule has 1 aliphatic heterocycles. The van der Waals surface area contributed by atoms with Crippen LogP contribution >= 0.6 is 11.3 Å². The van der Waals surface area contributed by atoms with Crippen molar-refractivity contribution in [3.05, 3.63) is 46.1 Å². The Labute approximate surface area is 190 Å². The summed E-state index contributed by atoms with van der Waals surface area (Å²) in [5, 5.41) is 3.25. The summed E-state index contributed by atoms with van der Waals surface area (Å²) in [4.78, 5) is 26.8. The highest BCUT2D eigenvalue weighted by atomic mass is 32.2. The van der Waals surface area contributed by atoms with Crippen molar-refractivity contribution in [2.75, 3.05) is 18.5 Å². The molecular weight excluding hydrogens is 455 g/mol. The number of ether oxygens (including phenoxy) is 1. The number of nitrogens with one attached hydrogen (secondary N) is 1. The van der Waals surface area contributed by atoms with Gasteiger partial charge in [0, 0.05) is 11.4 Å². The number of hydrogen-bond donors (Lipinski definition) is 1. The number of halogens is 1. The first-order chi connectivity index (χ1) is 15.3. The molecule has 1 atom stereocenters. The molecule has 0 saturated carbocycles. The number of anilines is 1. The quantitative estimate of drug-likeness (QED) is 0.636. The average Bonchev–Trinajstić information content (AvgIpc) is 3.39. The molecule has 32 heavy (non-hydrogen) atoms. The maximum Gasteiger partial charge on any atom is 0.341 e. The third kappa shape index (κ3) is 4.31. The molecule has 1 saturated heterocycles. The third-order valence-electron chi connectivity index (χ3n) is 5.81. The highest BCUT2D eigenvalue weighted by molar-refractivity contribution is 7.89. The largest absolute Gasteiger partial charge is 0.462 e. The van der Waals surface area contributed by atoms with Crippen LogP contribution in [0.15, 0.2) is 29.2 Å². The molecular formula is C22H25FN2O5S2. The minimum atomic E-state index is -3.96. The topological polar surface area (TPSA) is 92.8 Å². The second-order valence-electron chi connectivity index (χ2n) is 7.85. The van der Waals surface area contributed by atoms with Gasteiger partial charge in [0.15, 0.2) is 0 Å². The van der Waals surface area contributed by atoms with E-state index in [0.29, 0.717) is 23.4 Å². The van der Waals surface area contributed by atoms with Crippen LogP contribution in [-0.4, -0.2) is 43.8 Å². The van der Waals surface area contributed by atoms with E-state index in [2.05, 4.69) is 5.32 Å². The number of benzene rings is 1. The minimum absolute atomic E-state index is 0.0580. The molecule has 1 amide bonds. The van der Waals surface area contributed by atoms with Crippen molar-refractivity contribution in [2.45, 2.75) is 56.4 Å². The molecule has 10 heteroatoms. The van der Waals surface area contributed by atoms with Gasteiger partial charge in [-0.1, -0.05) is 0 Å². The molecule has 2 aliphatic rings. The molecule has 2 aromatic rings. The monoisotopic (exact) mass is 480 g/mol. The molecule has 1 fully saturated rings. The lowest BCUT2D eigenvalue weighted by molar-refractivity contribution is -0.119. The van der Waals surface area contributed by atoms with E-state index in [4.69, 9.17) is 4.74 Å². The highest BCUT2D eigenvalue weighted by Crippen LogP contribution is 2.39. The van der Waals surface area contributed by atoms with Crippen molar-refractivity contribution in [1.29, 1.82) is 0 Å². The van der Waals surface area contributed by atoms with E-state index in [9.17, 15) is 22.4 Å². The number of aryl methyl sites for hydroxylation is 1. The first kappa shape index (κ1) is 22.9. The van der Waals surface area contributed by atoms with Crippen LogP contribution in [0, 0.1) is 5.82 Å². The Bertz CT molecular complexity index is 1130. The Morgan fingerprint density at radius 2 is 1.91 bits per heavy atom. The predicted octanol–water partition coefficient (Wildman–Crippen LogP) is 3.73. The lowest BCUT2D eigenvalue weighted by Gasteiger charge is -2.23. The smallest absolute Gasteiger partial charge is 0.341 e. The Morgan fingerprint density at radius 1 is 1.19 bits per heavy atom. The van der Waals surface area contributed by atoms with Gasteiger partial charge in [0.1, 0.15) is 16.9 Å². The van der Waals surface area contributed by atoms with Crippen molar-refractivity contribution in [2.24, 2.45) is 0 Å². The van der Waals surface area contributed by atoms with Gasteiger partial charge in [-0.05, 0) is 75.3 Å². The fourth-order valence-electron chi connectivity index (χ4n) is 4.30. The summed E-state index contributed by atoms with van der Waals surface area (Å²) in [6.07, 6.45) is 4.49. The van der Waals surface area contributed by atoms with Crippen LogP contribution < -0.4 is 5.32 Å². The number of fused-ring (bicyclic) bond motifs is 1. The summed E-state index contributed by atoms with van der Waals surface area (Å²) < 4.78 is 45.8. The third-order valence-corrected chi connectivity index (χ3v) is 8.94. The van der Waals surface area contributed by atoms with Crippen LogP contribution in [0.2, 0.25) is 0 Å². The Balaban J connectivity index is 1.60. The molecule has 1 N–H and O–H groups in total. The zero-order chi connectivity index (χ0) is 22.9. The van der Waals surface area contributed by atoms with E-state index in [1.54, 1.807) is 6.92 Å². The summed E-state index contributed by atoms with van der Waals surface area (Å²) in [5.74, 6) is -1.48. The maximum absolute atomic E-state index is 13.2. The van der Waals surface area contributed by atoms with Gasteiger partial charge in [-0.2, -0.15) is 4.31 Å². The molecule has 0 bridgehead atoms. The molecule has 1 aromatic carbocycles. The van der Waals surface area contributed by atoms with Gasteiger partial charge in [-0.25, -0.2) is 17.6 Å². The van der Waals surface area contributed by atoms with Crippen LogP contribution in [0.3, 0.4) is 0 Å². The van der Waals surface area contributed by atoms with Gasteiger partial charge < -0.3 is 10.1 Å². The average molecular weight is 481 g/mol. The standard InChI is InChI=1S/C22H25FN2O5S2/c1-2-30-22(27)19-16-6-3-4-8-18(16)31-21(19)24-20(26)17-7-5-13-25(17)32(28,29)15-11-9-14(23)10-12-15/h9-12,17H,2-8,13H2,1H3,(H,24,26). The van der Waals surface area contributed by atoms with E-state index in [1.807, 2.05) is 0 Å². The van der Waals surface area contributed by atoms with Crippen LogP contribution in [0.1, 0.15) is 53.4 Å². The van der Waals surface area contributed by atoms with Crippen molar-refractivity contribution >= 4 is 38.2 Å². The van der Waals surface area contributed by atoms with E-state index in [0.717, 1.165) is 52.6 Å². The molecule has 1 aliphatic carbocycles. The van der Waals surface area contributed by atoms with Crippen LogP contribution in [-0.2, 0) is 32.4 Å². The van der Waals surface area contributed by atoms with E-state index in [-0.39, 0.29) is 18.0 Å². The molecule has 7 nitrogen and oxygen atoms in total. The second-order valence-corrected chi connectivity index (χ2v) is 10.8. The van der Waals surface area contributed by atoms with Gasteiger partial charge >= 0.3 is 5.97 Å². The number of esters is 1. The number of sulfonamides is 1. The molecule has 172 valence electrons. The van der Waals surface area contributed by atoms with Crippen LogP contribution in [0.5, 0.6) is 0 Å². The first-order valence-corrected chi connectivity index (χ1v) is 13.0. The van der Waals surface area contributed by atoms with Gasteiger partial charge in [0.05, 0.1) is 17.1 Å². The van der Waals surface area contributed by atoms with E-state index < -0.39 is 33.8 Å². The molecule has 4 rings (SSSR count). The SMILES string of the molecule is CCOC(=O)c1c(NC(=O)C2CCCN2S(=O)(=O)c2ccc(F)cc2)sc2c1CCCC2. The van der Waals surface area contributed by atoms with Crippen molar-refractivity contribution in [3.63, 3.8) is 0 Å². The molecule has 2 heterocycles. The molecule has 1 unspecified atom stereocenters. The summed E-state index contributed by atoms with van der Waals surface area (Å²) in [7, 11) is -3.96. The fourth-order valence-corrected chi connectivity index (χ4v) is 7.24. The summed E-state index contributed by atoms with van der Waals surface area (Å²) in [6, 6.07) is 3.66. The van der Waals surface area contributed by atoms with Crippen molar-refractivity contribution in [3.8, 4) is 0 Å². The number of rotatable bonds is 6. The zero-order valence-electron chi connectivity index (χ0n) is 17.7. The number of carbonyl (C=O) groups excluding carboxylic acids is 2. The summed E-state index contributed by atoms with van der Waals surface area (Å²) in [6.45, 7) is 2.15. The highest BCUT2D eigenvalue weighted by Gasteiger charge is 2.40. The fraction of sp³-hybridized carbons (Fsp3) is 0.455. The van der Waals surface area contributed by atoms with Gasteiger partial charge in [-0.3, -0.25) is 4.79 Å². The van der Waals surface area contributed by atoms with Crippen molar-refractivity contribution < 1.29 is 27.1 Å². The zero-order valence-corrected chi connectivity index (χ0v) is 19.4. The normalized spacial score (nSPS) is 18.9. The summed E-state index contributed by atoms with van der Waals surface area (Å²) in [5.41, 5.74) is 1.32. The molecule has 0 radical (unpaired) electrons. The number of hydrogen-bond acceptors (Lipinski definition) is 6. The van der Waals surface area contributed by atoms with Crippen molar-refractivity contribution in [1.82, 2.24) is 4.31 Å². The Morgan fingerprint density at radius 3 is 2.62 bits per heavy atom. The summed E-state index contributed by atoms with van der Waals surface area (Å²) >= 11 is 1.37. The number of thiophene rings is 1. The van der Waals surface area contributed by atoms with Gasteiger partial charge in [0.25, 0.3) is 0 Å². The minimum Gasteiger partial charge on any atom is -0.462 e. The predicted molar refractivity (Wildman–Crippen MR) is 119 cm³/mol. The van der Waals surface area contributed by atoms with Crippen LogP contribution in [0.4, 0.5) is 9.39 Å². The number of nitrogens with zero attached hydrogens (tertiary/aromatic N) is 1. The maximum atomic E-state index is 13.2. The van der Waals surface area contributed by atoms with Gasteiger partial charge in [0.2, 0.25) is 15.9 Å². The second kappa shape index (κ2) is 9.29. The molecule has 1 aromatic heterocycles. The van der Waals surface area contributed by atoms with Crippen LogP contribution in [0.25, 0.3) is 0 Å². The number of amides is 1. The molecule has 0 spiro atoms. The van der Waals surface area contributed by atoms with E-state index >= 15 is 0 Å². The Kier molecular flexibility index (Phi) is 6.64. The Hall–Kier alpha value is -2.30. The van der Waals surface area contributed by atoms with Gasteiger partial charge in [-0.15, -0.1) is 11.3 Å². The van der Waals surface area contributed by atoms with E-state index in [1.165, 1.54) is 23.5 Å². The lowest BCUT2D eigenvalue weighted by atomic mass is 9.95. The lowest BCUT2D eigenvalue weighted by Crippen LogP contribution is -2.43.